The van der Waals surface area contributed by atoms with Crippen molar-refractivity contribution in [1.82, 2.24) is 9.97 Å². The van der Waals surface area contributed by atoms with Crippen LogP contribution in [-0.4, -0.2) is 16.0 Å². The topological polar surface area (TPSA) is 40.7 Å². The Labute approximate surface area is 153 Å². The van der Waals surface area contributed by atoms with Crippen LogP contribution in [0.5, 0.6) is 0 Å². The summed E-state index contributed by atoms with van der Waals surface area (Å²) in [6, 6.07) is 22.1. The molecule has 0 amide bonds. The van der Waals surface area contributed by atoms with Gasteiger partial charge in [0.1, 0.15) is 5.82 Å². The fraction of sp³-hybridized carbons (Fsp3) is 0.174. The smallest absolute Gasteiger partial charge is 0.138 e. The molecule has 1 unspecified atom stereocenters. The summed E-state index contributed by atoms with van der Waals surface area (Å²) in [7, 11) is 0. The van der Waals surface area contributed by atoms with E-state index in [1.807, 2.05) is 0 Å². The molecule has 2 N–H and O–H groups in total. The van der Waals surface area contributed by atoms with Crippen molar-refractivity contribution in [1.29, 1.82) is 0 Å². The monoisotopic (exact) mass is 339 g/mol. The Balaban J connectivity index is 1.55. The number of fused-ring (bicyclic) bond motifs is 2. The van der Waals surface area contributed by atoms with Crippen molar-refractivity contribution in [3.05, 3.63) is 71.8 Å². The van der Waals surface area contributed by atoms with Gasteiger partial charge in [0.2, 0.25) is 0 Å². The molecule has 0 saturated heterocycles. The van der Waals surface area contributed by atoms with Crippen molar-refractivity contribution in [3.63, 3.8) is 0 Å². The Bertz CT molecular complexity index is 1120. The van der Waals surface area contributed by atoms with Crippen LogP contribution in [0.2, 0.25) is 0 Å². The van der Waals surface area contributed by atoms with Gasteiger partial charge in [0.05, 0.1) is 11.0 Å². The molecule has 0 spiro atoms. The molecule has 1 aromatic heterocycles. The van der Waals surface area contributed by atoms with Crippen molar-refractivity contribution in [2.24, 2.45) is 0 Å². The number of aryl methyl sites for hydroxylation is 1. The normalized spacial score (nSPS) is 15.8. The summed E-state index contributed by atoms with van der Waals surface area (Å²) in [5.41, 5.74) is 9.59. The lowest BCUT2D eigenvalue weighted by Gasteiger charge is -2.05. The third kappa shape index (κ3) is 2.57. The summed E-state index contributed by atoms with van der Waals surface area (Å²) in [5, 5.41) is 3.52. The number of aromatic amines is 1. The molecule has 3 aromatic carbocycles. The number of hydrogen-bond acceptors (Lipinski definition) is 2. The van der Waals surface area contributed by atoms with E-state index >= 15 is 0 Å². The minimum atomic E-state index is 0.521. The molecule has 0 saturated carbocycles. The minimum Gasteiger partial charge on any atom is -0.382 e. The molecular formula is C23H21N3. The number of imidazole rings is 1. The van der Waals surface area contributed by atoms with Gasteiger partial charge in [0.25, 0.3) is 0 Å². The lowest BCUT2D eigenvalue weighted by Crippen LogP contribution is -2.08. The van der Waals surface area contributed by atoms with Crippen LogP contribution < -0.4 is 5.32 Å². The summed E-state index contributed by atoms with van der Waals surface area (Å²) >= 11 is 0. The van der Waals surface area contributed by atoms with Crippen LogP contribution in [0.1, 0.15) is 18.1 Å². The first-order chi connectivity index (χ1) is 12.7. The maximum absolute atomic E-state index is 4.76. The van der Waals surface area contributed by atoms with Gasteiger partial charge >= 0.3 is 0 Å². The lowest BCUT2D eigenvalue weighted by atomic mass is 10.0. The van der Waals surface area contributed by atoms with E-state index in [4.69, 9.17) is 4.98 Å². The van der Waals surface area contributed by atoms with E-state index in [0.29, 0.717) is 6.04 Å². The molecule has 1 aliphatic rings. The van der Waals surface area contributed by atoms with Crippen molar-refractivity contribution in [2.75, 3.05) is 5.32 Å². The molecule has 2 heterocycles. The van der Waals surface area contributed by atoms with Gasteiger partial charge in [-0.25, -0.2) is 4.98 Å². The standard InChI is InChI=1S/C23H21N3/c1-14-4-3-5-18(10-14)23-25-21-9-7-17(13-22(21)26-23)16-6-8-20-19(12-16)11-15(2)24-20/h3-10,12-13,15,24H,11H2,1-2H3,(H,25,26). The molecule has 1 atom stereocenters. The van der Waals surface area contributed by atoms with Gasteiger partial charge in [-0.15, -0.1) is 0 Å². The first-order valence-corrected chi connectivity index (χ1v) is 9.12. The third-order valence-corrected chi connectivity index (χ3v) is 5.14. The fourth-order valence-electron chi connectivity index (χ4n) is 3.85. The molecule has 0 fully saturated rings. The predicted molar refractivity (Wildman–Crippen MR) is 108 cm³/mol. The van der Waals surface area contributed by atoms with Gasteiger partial charge in [-0.2, -0.15) is 0 Å². The molecule has 5 rings (SSSR count). The van der Waals surface area contributed by atoms with E-state index in [0.717, 1.165) is 28.8 Å². The van der Waals surface area contributed by atoms with Crippen LogP contribution >= 0.6 is 0 Å². The van der Waals surface area contributed by atoms with Gasteiger partial charge in [0.15, 0.2) is 0 Å². The quantitative estimate of drug-likeness (QED) is 0.502. The lowest BCUT2D eigenvalue weighted by molar-refractivity contribution is 0.839. The molecule has 26 heavy (non-hydrogen) atoms. The van der Waals surface area contributed by atoms with Crippen molar-refractivity contribution >= 4 is 16.7 Å². The highest BCUT2D eigenvalue weighted by Crippen LogP contribution is 2.32. The highest BCUT2D eigenvalue weighted by atomic mass is 14.9. The average Bonchev–Trinajstić information content (AvgIpc) is 3.22. The Hall–Kier alpha value is -3.07. The summed E-state index contributed by atoms with van der Waals surface area (Å²) < 4.78 is 0. The Morgan fingerprint density at radius 3 is 2.65 bits per heavy atom. The molecule has 0 bridgehead atoms. The van der Waals surface area contributed by atoms with E-state index in [-0.39, 0.29) is 0 Å². The SMILES string of the molecule is Cc1cccc(-c2nc3ccc(-c4ccc5c(c4)CC(C)N5)cc3[nH]2)c1. The first-order valence-electron chi connectivity index (χ1n) is 9.12. The maximum Gasteiger partial charge on any atom is 0.138 e. The minimum absolute atomic E-state index is 0.521. The Morgan fingerprint density at radius 1 is 0.923 bits per heavy atom. The van der Waals surface area contributed by atoms with Gasteiger partial charge in [-0.3, -0.25) is 0 Å². The molecule has 128 valence electrons. The van der Waals surface area contributed by atoms with Crippen LogP contribution in [0.3, 0.4) is 0 Å². The third-order valence-electron chi connectivity index (χ3n) is 5.14. The van der Waals surface area contributed by atoms with E-state index < -0.39 is 0 Å². The van der Waals surface area contributed by atoms with Gasteiger partial charge in [0, 0.05) is 17.3 Å². The Kier molecular flexibility index (Phi) is 3.35. The number of rotatable bonds is 2. The van der Waals surface area contributed by atoms with Crippen LogP contribution in [0.15, 0.2) is 60.7 Å². The number of aromatic nitrogens is 2. The predicted octanol–water partition coefficient (Wildman–Crippen LogP) is 5.56. The highest BCUT2D eigenvalue weighted by Gasteiger charge is 2.17. The van der Waals surface area contributed by atoms with Gasteiger partial charge < -0.3 is 10.3 Å². The largest absolute Gasteiger partial charge is 0.382 e. The second kappa shape index (κ2) is 5.73. The van der Waals surface area contributed by atoms with Crippen LogP contribution in [0.25, 0.3) is 33.5 Å². The van der Waals surface area contributed by atoms with E-state index in [1.54, 1.807) is 0 Å². The molecular weight excluding hydrogens is 318 g/mol. The van der Waals surface area contributed by atoms with Crippen LogP contribution in [0, 0.1) is 6.92 Å². The summed E-state index contributed by atoms with van der Waals surface area (Å²) in [6.45, 7) is 4.33. The van der Waals surface area contributed by atoms with Crippen molar-refractivity contribution < 1.29 is 0 Å². The molecule has 0 radical (unpaired) electrons. The summed E-state index contributed by atoms with van der Waals surface area (Å²) in [4.78, 5) is 8.25. The number of nitrogens with zero attached hydrogens (tertiary/aromatic N) is 1. The number of anilines is 1. The van der Waals surface area contributed by atoms with Gasteiger partial charge in [-0.1, -0.05) is 35.9 Å². The number of nitrogens with one attached hydrogen (secondary N) is 2. The van der Waals surface area contributed by atoms with Crippen LogP contribution in [0.4, 0.5) is 5.69 Å². The summed E-state index contributed by atoms with van der Waals surface area (Å²) in [6.07, 6.45) is 1.09. The fourth-order valence-corrected chi connectivity index (χ4v) is 3.85. The maximum atomic E-state index is 4.76. The van der Waals surface area contributed by atoms with Crippen molar-refractivity contribution in [3.8, 4) is 22.5 Å². The molecule has 0 aliphatic carbocycles. The zero-order valence-electron chi connectivity index (χ0n) is 15.0. The molecule has 4 aromatic rings. The molecule has 3 nitrogen and oxygen atoms in total. The summed E-state index contributed by atoms with van der Waals surface area (Å²) in [5.74, 6) is 0.924. The zero-order valence-corrected chi connectivity index (χ0v) is 15.0. The second-order valence-electron chi connectivity index (χ2n) is 7.31. The number of benzene rings is 3. The zero-order chi connectivity index (χ0) is 17.7. The molecule has 3 heteroatoms. The van der Waals surface area contributed by atoms with E-state index in [2.05, 4.69) is 84.8 Å². The molecule has 1 aliphatic heterocycles. The average molecular weight is 339 g/mol. The second-order valence-corrected chi connectivity index (χ2v) is 7.31. The Morgan fingerprint density at radius 2 is 1.77 bits per heavy atom. The van der Waals surface area contributed by atoms with E-state index in [9.17, 15) is 0 Å². The number of hydrogen-bond donors (Lipinski definition) is 2. The highest BCUT2D eigenvalue weighted by molar-refractivity contribution is 5.85. The van der Waals surface area contributed by atoms with Gasteiger partial charge in [-0.05, 0) is 67.3 Å². The van der Waals surface area contributed by atoms with Crippen molar-refractivity contribution in [2.45, 2.75) is 26.3 Å². The van der Waals surface area contributed by atoms with Crippen LogP contribution in [-0.2, 0) is 6.42 Å². The van der Waals surface area contributed by atoms with E-state index in [1.165, 1.54) is 27.9 Å². The number of H-pyrrole nitrogens is 1. The first kappa shape index (κ1) is 15.2.